The van der Waals surface area contributed by atoms with Gasteiger partial charge in [-0.05, 0) is 58.6 Å². The van der Waals surface area contributed by atoms with Crippen molar-refractivity contribution in [3.8, 4) is 0 Å². The molecule has 0 spiro atoms. The maximum absolute atomic E-state index is 12.6. The summed E-state index contributed by atoms with van der Waals surface area (Å²) < 4.78 is 37.7. The molecule has 1 N–H and O–H groups in total. The van der Waals surface area contributed by atoms with Gasteiger partial charge in [-0.3, -0.25) is 0 Å². The van der Waals surface area contributed by atoms with E-state index in [1.165, 1.54) is 0 Å². The monoisotopic (exact) mass is 302 g/mol. The molecular formula is C16H25F3N2. The molecule has 5 heteroatoms. The van der Waals surface area contributed by atoms with Gasteiger partial charge in [0.2, 0.25) is 0 Å². The number of hydrogen-bond acceptors (Lipinski definition) is 2. The maximum atomic E-state index is 12.6. The second kappa shape index (κ2) is 6.79. The van der Waals surface area contributed by atoms with E-state index in [9.17, 15) is 13.2 Å². The number of benzene rings is 1. The molecule has 0 aliphatic rings. The Labute approximate surface area is 125 Å². The van der Waals surface area contributed by atoms with Gasteiger partial charge in [-0.15, -0.1) is 0 Å². The average molecular weight is 302 g/mol. The minimum Gasteiger partial charge on any atom is -0.315 e. The number of alkyl halides is 3. The van der Waals surface area contributed by atoms with Crippen LogP contribution in [-0.2, 0) is 12.6 Å². The molecule has 2 unspecified atom stereocenters. The van der Waals surface area contributed by atoms with Crippen LogP contribution in [0, 0.1) is 0 Å². The third kappa shape index (κ3) is 4.20. The number of nitrogens with zero attached hydrogens (tertiary/aromatic N) is 1. The summed E-state index contributed by atoms with van der Waals surface area (Å²) in [7, 11) is 5.95. The Morgan fingerprint density at radius 2 is 1.67 bits per heavy atom. The van der Waals surface area contributed by atoms with Crippen molar-refractivity contribution in [1.29, 1.82) is 0 Å². The van der Waals surface area contributed by atoms with Gasteiger partial charge in [0.15, 0.2) is 0 Å². The molecule has 0 aromatic heterocycles. The van der Waals surface area contributed by atoms with Gasteiger partial charge < -0.3 is 10.2 Å². The zero-order valence-electron chi connectivity index (χ0n) is 13.4. The Balaban J connectivity index is 2.92. The predicted octanol–water partition coefficient (Wildman–Crippen LogP) is 3.57. The Hall–Kier alpha value is -1.07. The van der Waals surface area contributed by atoms with Crippen molar-refractivity contribution in [3.63, 3.8) is 0 Å². The topological polar surface area (TPSA) is 15.3 Å². The van der Waals surface area contributed by atoms with Gasteiger partial charge in [0, 0.05) is 11.6 Å². The highest BCUT2D eigenvalue weighted by atomic mass is 19.4. The zero-order valence-corrected chi connectivity index (χ0v) is 13.4. The number of hydrogen-bond donors (Lipinski definition) is 1. The highest BCUT2D eigenvalue weighted by Gasteiger charge is 2.34. The smallest absolute Gasteiger partial charge is 0.315 e. The first-order valence-corrected chi connectivity index (χ1v) is 7.16. The number of rotatable bonds is 6. The number of halogens is 3. The minimum absolute atomic E-state index is 0.0581. The first kappa shape index (κ1) is 18.0. The summed E-state index contributed by atoms with van der Waals surface area (Å²) in [5.74, 6) is 0. The molecule has 120 valence electrons. The molecule has 2 nitrogen and oxygen atoms in total. The van der Waals surface area contributed by atoms with Gasteiger partial charge in [0.05, 0.1) is 5.56 Å². The SMILES string of the molecule is CCC(C)(C(Cc1ccc(C(F)(F)F)cc1)NC)N(C)C. The van der Waals surface area contributed by atoms with E-state index in [2.05, 4.69) is 24.1 Å². The fourth-order valence-corrected chi connectivity index (χ4v) is 2.57. The van der Waals surface area contributed by atoms with Crippen LogP contribution in [0.3, 0.4) is 0 Å². The van der Waals surface area contributed by atoms with Gasteiger partial charge in [0.1, 0.15) is 0 Å². The van der Waals surface area contributed by atoms with Gasteiger partial charge in [0.25, 0.3) is 0 Å². The molecule has 1 aromatic carbocycles. The van der Waals surface area contributed by atoms with E-state index in [0.717, 1.165) is 24.1 Å². The molecule has 0 aliphatic heterocycles. The van der Waals surface area contributed by atoms with Gasteiger partial charge >= 0.3 is 6.18 Å². The Morgan fingerprint density at radius 3 is 2.00 bits per heavy atom. The lowest BCUT2D eigenvalue weighted by Crippen LogP contribution is -2.56. The van der Waals surface area contributed by atoms with Crippen molar-refractivity contribution in [2.75, 3.05) is 21.1 Å². The summed E-state index contributed by atoms with van der Waals surface area (Å²) in [4.78, 5) is 2.16. The Bertz CT molecular complexity index is 440. The summed E-state index contributed by atoms with van der Waals surface area (Å²) in [6.45, 7) is 4.29. The average Bonchev–Trinajstić information content (AvgIpc) is 2.43. The lowest BCUT2D eigenvalue weighted by molar-refractivity contribution is -0.137. The van der Waals surface area contributed by atoms with E-state index in [-0.39, 0.29) is 11.6 Å². The van der Waals surface area contributed by atoms with E-state index in [1.807, 2.05) is 21.1 Å². The summed E-state index contributed by atoms with van der Waals surface area (Å²) in [6.07, 6.45) is -2.63. The van der Waals surface area contributed by atoms with Crippen LogP contribution in [-0.4, -0.2) is 37.6 Å². The molecule has 0 aliphatic carbocycles. The molecule has 1 aromatic rings. The van der Waals surface area contributed by atoms with Crippen molar-refractivity contribution >= 4 is 0 Å². The predicted molar refractivity (Wildman–Crippen MR) is 80.4 cm³/mol. The molecule has 21 heavy (non-hydrogen) atoms. The standard InChI is InChI=1S/C16H25F3N2/c1-6-15(2,21(4)5)14(20-3)11-12-7-9-13(10-8-12)16(17,18)19/h7-10,14,20H,6,11H2,1-5H3. The Morgan fingerprint density at radius 1 is 1.14 bits per heavy atom. The van der Waals surface area contributed by atoms with Crippen molar-refractivity contribution < 1.29 is 13.2 Å². The van der Waals surface area contributed by atoms with Gasteiger partial charge in [-0.1, -0.05) is 19.1 Å². The van der Waals surface area contributed by atoms with Crippen LogP contribution in [0.15, 0.2) is 24.3 Å². The van der Waals surface area contributed by atoms with Crippen LogP contribution in [0.2, 0.25) is 0 Å². The molecule has 0 radical (unpaired) electrons. The zero-order chi connectivity index (χ0) is 16.3. The van der Waals surface area contributed by atoms with E-state index in [0.29, 0.717) is 6.42 Å². The minimum atomic E-state index is -4.28. The van der Waals surface area contributed by atoms with E-state index >= 15 is 0 Å². The molecule has 0 fully saturated rings. The first-order chi connectivity index (χ1) is 9.65. The van der Waals surface area contributed by atoms with E-state index < -0.39 is 11.7 Å². The maximum Gasteiger partial charge on any atom is 0.416 e. The summed E-state index contributed by atoms with van der Waals surface area (Å²) in [6, 6.07) is 5.61. The number of nitrogens with one attached hydrogen (secondary N) is 1. The largest absolute Gasteiger partial charge is 0.416 e. The van der Waals surface area contributed by atoms with Crippen LogP contribution >= 0.6 is 0 Å². The second-order valence-electron chi connectivity index (χ2n) is 5.85. The van der Waals surface area contributed by atoms with Crippen molar-refractivity contribution in [2.45, 2.75) is 44.4 Å². The molecule has 1 rings (SSSR count). The highest BCUT2D eigenvalue weighted by molar-refractivity contribution is 5.25. The molecule has 0 heterocycles. The molecular weight excluding hydrogens is 277 g/mol. The van der Waals surface area contributed by atoms with Crippen LogP contribution in [0.4, 0.5) is 13.2 Å². The second-order valence-corrected chi connectivity index (χ2v) is 5.85. The van der Waals surface area contributed by atoms with E-state index in [4.69, 9.17) is 0 Å². The van der Waals surface area contributed by atoms with Crippen LogP contribution < -0.4 is 5.32 Å². The summed E-state index contributed by atoms with van der Waals surface area (Å²) in [5.41, 5.74) is 0.249. The molecule has 0 bridgehead atoms. The molecule has 2 atom stereocenters. The van der Waals surface area contributed by atoms with Crippen LogP contribution in [0.5, 0.6) is 0 Å². The fourth-order valence-electron chi connectivity index (χ4n) is 2.57. The van der Waals surface area contributed by atoms with Crippen molar-refractivity contribution in [2.24, 2.45) is 0 Å². The fraction of sp³-hybridized carbons (Fsp3) is 0.625. The highest BCUT2D eigenvalue weighted by Crippen LogP contribution is 2.30. The van der Waals surface area contributed by atoms with Crippen LogP contribution in [0.1, 0.15) is 31.4 Å². The molecule has 0 saturated heterocycles. The lowest BCUT2D eigenvalue weighted by atomic mass is 9.84. The van der Waals surface area contributed by atoms with Crippen LogP contribution in [0.25, 0.3) is 0 Å². The van der Waals surface area contributed by atoms with Gasteiger partial charge in [-0.25, -0.2) is 0 Å². The van der Waals surface area contributed by atoms with E-state index in [1.54, 1.807) is 12.1 Å². The van der Waals surface area contributed by atoms with Gasteiger partial charge in [-0.2, -0.15) is 13.2 Å². The Kier molecular flexibility index (Phi) is 5.82. The van der Waals surface area contributed by atoms with Crippen molar-refractivity contribution in [1.82, 2.24) is 10.2 Å². The first-order valence-electron chi connectivity index (χ1n) is 7.16. The normalized spacial score (nSPS) is 16.8. The molecule has 0 amide bonds. The third-order valence-corrected chi connectivity index (χ3v) is 4.56. The third-order valence-electron chi connectivity index (χ3n) is 4.56. The lowest BCUT2D eigenvalue weighted by Gasteiger charge is -2.42. The molecule has 0 saturated carbocycles. The number of likely N-dealkylation sites (N-methyl/N-ethyl adjacent to an activating group) is 2. The van der Waals surface area contributed by atoms with Crippen molar-refractivity contribution in [3.05, 3.63) is 35.4 Å². The quantitative estimate of drug-likeness (QED) is 0.864. The summed E-state index contributed by atoms with van der Waals surface area (Å²) >= 11 is 0. The summed E-state index contributed by atoms with van der Waals surface area (Å²) in [5, 5.41) is 3.30.